The molecule has 0 spiro atoms. The molecule has 1 aliphatic heterocycles. The van der Waals surface area contributed by atoms with Crippen LogP contribution < -0.4 is 0 Å². The van der Waals surface area contributed by atoms with E-state index in [4.69, 9.17) is 4.74 Å². The molecular formula is C10H26NOV-. The molecule has 0 aliphatic carbocycles. The molecule has 1 rings (SSSR count). The predicted octanol–water partition coefficient (Wildman–Crippen LogP) is 3.47. The zero-order valence-corrected chi connectivity index (χ0v) is 11.5. The van der Waals surface area contributed by atoms with Crippen LogP contribution >= 0.6 is 0 Å². The first-order chi connectivity index (χ1) is 5.91. The zero-order valence-electron chi connectivity index (χ0n) is 10.1. The second-order valence-corrected chi connectivity index (χ2v) is 1.77. The third-order valence-electron chi connectivity index (χ3n) is 0.827. The fourth-order valence-corrected chi connectivity index (χ4v) is 0.510. The minimum absolute atomic E-state index is 0. The van der Waals surface area contributed by atoms with Gasteiger partial charge in [0, 0.05) is 31.8 Å². The molecule has 1 saturated heterocycles. The summed E-state index contributed by atoms with van der Waals surface area (Å²) < 4.78 is 4.94. The molecule has 1 heterocycles. The van der Waals surface area contributed by atoms with E-state index in [0.717, 1.165) is 13.2 Å². The Labute approximate surface area is 96.7 Å². The molecule has 3 heteroatoms. The fraction of sp³-hybridized carbons (Fsp3) is 1.00. The molecule has 0 amide bonds. The predicted molar refractivity (Wildman–Crippen MR) is 58.0 cm³/mol. The van der Waals surface area contributed by atoms with Crippen LogP contribution in [0.5, 0.6) is 0 Å². The van der Waals surface area contributed by atoms with Gasteiger partial charge in [0.2, 0.25) is 0 Å². The Kier molecular flexibility index (Phi) is 70.3. The fourth-order valence-electron chi connectivity index (χ4n) is 0.510. The smallest absolute Gasteiger partial charge is 0.0466 e. The van der Waals surface area contributed by atoms with E-state index in [1.165, 1.54) is 12.8 Å². The van der Waals surface area contributed by atoms with Crippen LogP contribution in [-0.4, -0.2) is 27.3 Å². The Morgan fingerprint density at radius 1 is 0.846 bits per heavy atom. The van der Waals surface area contributed by atoms with Gasteiger partial charge in [-0.15, -0.1) is 0 Å². The van der Waals surface area contributed by atoms with Crippen molar-refractivity contribution in [2.75, 3.05) is 27.3 Å². The van der Waals surface area contributed by atoms with Crippen LogP contribution in [0.2, 0.25) is 0 Å². The van der Waals surface area contributed by atoms with Crippen LogP contribution in [0.1, 0.15) is 40.5 Å². The van der Waals surface area contributed by atoms with Crippen molar-refractivity contribution in [2.45, 2.75) is 40.5 Å². The first-order valence-corrected chi connectivity index (χ1v) is 4.97. The van der Waals surface area contributed by atoms with E-state index < -0.39 is 0 Å². The van der Waals surface area contributed by atoms with E-state index in [2.05, 4.69) is 5.32 Å². The van der Waals surface area contributed by atoms with Gasteiger partial charge >= 0.3 is 0 Å². The number of ether oxygens (including phenoxy) is 1. The van der Waals surface area contributed by atoms with E-state index in [0.29, 0.717) is 0 Å². The molecule has 0 N–H and O–H groups in total. The Morgan fingerprint density at radius 2 is 1.08 bits per heavy atom. The molecule has 2 nitrogen and oxygen atoms in total. The van der Waals surface area contributed by atoms with Crippen LogP contribution in [0.3, 0.4) is 0 Å². The molecule has 13 heavy (non-hydrogen) atoms. The van der Waals surface area contributed by atoms with E-state index in [1.807, 2.05) is 27.7 Å². The number of hydrogen-bond donors (Lipinski definition) is 0. The van der Waals surface area contributed by atoms with Crippen LogP contribution in [0.25, 0.3) is 5.32 Å². The SMILES string of the molecule is C1CCOC1.CC.CC.C[N-]C.[V]. The van der Waals surface area contributed by atoms with Crippen LogP contribution in [0, 0.1) is 0 Å². The van der Waals surface area contributed by atoms with Gasteiger partial charge in [0.05, 0.1) is 0 Å². The van der Waals surface area contributed by atoms with Crippen molar-refractivity contribution in [3.05, 3.63) is 5.32 Å². The molecule has 0 bridgehead atoms. The minimum Gasteiger partial charge on any atom is -0.668 e. The Hall–Kier alpha value is 0.504. The van der Waals surface area contributed by atoms with Crippen molar-refractivity contribution in [3.63, 3.8) is 0 Å². The van der Waals surface area contributed by atoms with Crippen LogP contribution in [0.15, 0.2) is 0 Å². The standard InChI is InChI=1S/C4H8O.C2H6N.2C2H6.V/c1-2-4-5-3-1;1-3-2;2*1-2;/h1-4H2;1-2H3;2*1-2H3;/q;-1;;;. The van der Waals surface area contributed by atoms with Gasteiger partial charge in [-0.1, -0.05) is 27.7 Å². The molecule has 0 unspecified atom stereocenters. The summed E-state index contributed by atoms with van der Waals surface area (Å²) in [4.78, 5) is 0. The third kappa shape index (κ3) is 45.5. The second kappa shape index (κ2) is 39.1. The normalized spacial score (nSPS) is 11.5. The molecule has 0 aromatic rings. The molecule has 0 aromatic carbocycles. The molecule has 83 valence electrons. The van der Waals surface area contributed by atoms with Gasteiger partial charge in [-0.05, 0) is 12.8 Å². The van der Waals surface area contributed by atoms with Gasteiger partial charge in [-0.3, -0.25) is 0 Å². The van der Waals surface area contributed by atoms with Gasteiger partial charge in [0.15, 0.2) is 0 Å². The Morgan fingerprint density at radius 3 is 1.15 bits per heavy atom. The van der Waals surface area contributed by atoms with Crippen molar-refractivity contribution in [1.82, 2.24) is 0 Å². The average Bonchev–Trinajstić information content (AvgIpc) is 2.69. The van der Waals surface area contributed by atoms with Crippen molar-refractivity contribution < 1.29 is 23.3 Å². The summed E-state index contributed by atoms with van der Waals surface area (Å²) >= 11 is 0. The Balaban J connectivity index is -0.0000000453. The quantitative estimate of drug-likeness (QED) is 0.621. The van der Waals surface area contributed by atoms with Gasteiger partial charge in [-0.25, -0.2) is 0 Å². The molecular weight excluding hydrogens is 201 g/mol. The summed E-state index contributed by atoms with van der Waals surface area (Å²) in [6, 6.07) is 0. The van der Waals surface area contributed by atoms with Crippen molar-refractivity contribution >= 4 is 0 Å². The van der Waals surface area contributed by atoms with Crippen LogP contribution in [-0.2, 0) is 23.3 Å². The zero-order chi connectivity index (χ0) is 10.2. The first-order valence-electron chi connectivity index (χ1n) is 4.97. The van der Waals surface area contributed by atoms with E-state index in [-0.39, 0.29) is 18.6 Å². The van der Waals surface area contributed by atoms with Crippen molar-refractivity contribution in [1.29, 1.82) is 0 Å². The second-order valence-electron chi connectivity index (χ2n) is 1.77. The third-order valence-corrected chi connectivity index (χ3v) is 0.827. The van der Waals surface area contributed by atoms with E-state index in [9.17, 15) is 0 Å². The van der Waals surface area contributed by atoms with Gasteiger partial charge < -0.3 is 10.1 Å². The van der Waals surface area contributed by atoms with Gasteiger partial charge in [0.1, 0.15) is 0 Å². The minimum atomic E-state index is 0. The summed E-state index contributed by atoms with van der Waals surface area (Å²) in [6.45, 7) is 10.0. The molecule has 0 atom stereocenters. The van der Waals surface area contributed by atoms with Crippen LogP contribution in [0.4, 0.5) is 0 Å². The van der Waals surface area contributed by atoms with E-state index >= 15 is 0 Å². The first kappa shape index (κ1) is 23.4. The van der Waals surface area contributed by atoms with Crippen molar-refractivity contribution in [2.24, 2.45) is 0 Å². The topological polar surface area (TPSA) is 23.3 Å². The summed E-state index contributed by atoms with van der Waals surface area (Å²) in [5.74, 6) is 0. The largest absolute Gasteiger partial charge is 0.668 e. The average molecular weight is 227 g/mol. The van der Waals surface area contributed by atoms with Gasteiger partial charge in [0.25, 0.3) is 0 Å². The maximum atomic E-state index is 4.94. The number of hydrogen-bond acceptors (Lipinski definition) is 1. The number of nitrogens with zero attached hydrogens (tertiary/aromatic N) is 1. The summed E-state index contributed by atoms with van der Waals surface area (Å²) in [6.07, 6.45) is 2.56. The summed E-state index contributed by atoms with van der Waals surface area (Å²) in [5, 5.41) is 3.50. The van der Waals surface area contributed by atoms with E-state index in [1.54, 1.807) is 14.1 Å². The van der Waals surface area contributed by atoms with Gasteiger partial charge in [-0.2, -0.15) is 14.1 Å². The molecule has 0 saturated carbocycles. The molecule has 1 aliphatic rings. The number of rotatable bonds is 0. The monoisotopic (exact) mass is 227 g/mol. The maximum Gasteiger partial charge on any atom is 0.0466 e. The summed E-state index contributed by atoms with van der Waals surface area (Å²) in [7, 11) is 3.50. The molecule has 1 fully saturated rings. The molecule has 0 aromatic heterocycles. The summed E-state index contributed by atoms with van der Waals surface area (Å²) in [5.41, 5.74) is 0. The van der Waals surface area contributed by atoms with Crippen molar-refractivity contribution in [3.8, 4) is 0 Å². The maximum absolute atomic E-state index is 4.94. The Bertz CT molecular complexity index is 34.3. The molecule has 1 radical (unpaired) electrons.